The van der Waals surface area contributed by atoms with Crippen LogP contribution in [0.15, 0.2) is 64.7 Å². The molecule has 2 aromatic heterocycles. The number of hydrogen-bond acceptors (Lipinski definition) is 5. The van der Waals surface area contributed by atoms with Crippen molar-refractivity contribution in [1.29, 1.82) is 0 Å². The van der Waals surface area contributed by atoms with Crippen molar-refractivity contribution >= 4 is 21.6 Å². The second-order valence-electron chi connectivity index (χ2n) is 8.27. The maximum absolute atomic E-state index is 12.8. The van der Waals surface area contributed by atoms with E-state index >= 15 is 0 Å². The van der Waals surface area contributed by atoms with E-state index < -0.39 is 10.0 Å². The molecule has 10 heteroatoms. The zero-order valence-corrected chi connectivity index (χ0v) is 19.5. The second-order valence-corrected chi connectivity index (χ2v) is 10.2. The number of nitrogens with zero attached hydrogens (tertiary/aromatic N) is 4. The van der Waals surface area contributed by atoms with Gasteiger partial charge in [0, 0.05) is 50.2 Å². The number of amides is 1. The van der Waals surface area contributed by atoms with E-state index in [1.807, 2.05) is 30.3 Å². The molecule has 9 nitrogen and oxygen atoms in total. The van der Waals surface area contributed by atoms with Crippen LogP contribution >= 0.6 is 0 Å². The molecule has 1 fully saturated rings. The summed E-state index contributed by atoms with van der Waals surface area (Å²) in [7, 11) is -1.90. The fourth-order valence-corrected chi connectivity index (χ4v) is 5.36. The smallest absolute Gasteiger partial charge is 0.262 e. The molecular weight excluding hydrogens is 442 g/mol. The van der Waals surface area contributed by atoms with Gasteiger partial charge in [-0.1, -0.05) is 18.2 Å². The van der Waals surface area contributed by atoms with Gasteiger partial charge in [-0.15, -0.1) is 0 Å². The van der Waals surface area contributed by atoms with Crippen LogP contribution in [0.5, 0.6) is 0 Å². The number of anilines is 1. The molecule has 0 atom stereocenters. The van der Waals surface area contributed by atoms with Crippen molar-refractivity contribution in [2.24, 2.45) is 13.0 Å². The van der Waals surface area contributed by atoms with E-state index in [0.29, 0.717) is 30.9 Å². The normalized spacial score (nSPS) is 15.5. The molecule has 1 aliphatic rings. The number of piperidine rings is 1. The Hall–Kier alpha value is -3.24. The van der Waals surface area contributed by atoms with Crippen LogP contribution in [-0.2, 0) is 28.4 Å². The van der Waals surface area contributed by atoms with Crippen LogP contribution < -0.4 is 10.9 Å². The number of pyridine rings is 1. The number of rotatable bonds is 6. The van der Waals surface area contributed by atoms with Crippen LogP contribution in [0.1, 0.15) is 24.2 Å². The Morgan fingerprint density at radius 2 is 1.82 bits per heavy atom. The molecule has 0 saturated carbocycles. The Morgan fingerprint density at radius 3 is 2.42 bits per heavy atom. The predicted molar refractivity (Wildman–Crippen MR) is 124 cm³/mol. The summed E-state index contributed by atoms with van der Waals surface area (Å²) in [6, 6.07) is 12.4. The first-order valence-electron chi connectivity index (χ1n) is 10.8. The minimum Gasteiger partial charge on any atom is -0.337 e. The summed E-state index contributed by atoms with van der Waals surface area (Å²) >= 11 is 0. The van der Waals surface area contributed by atoms with E-state index in [1.54, 1.807) is 35.4 Å². The molecule has 0 bridgehead atoms. The van der Waals surface area contributed by atoms with E-state index in [9.17, 15) is 18.0 Å². The average Bonchev–Trinajstić information content (AvgIpc) is 3.16. The van der Waals surface area contributed by atoms with Crippen LogP contribution in [-0.4, -0.2) is 45.8 Å². The van der Waals surface area contributed by atoms with Gasteiger partial charge in [-0.2, -0.15) is 4.31 Å². The van der Waals surface area contributed by atoms with Gasteiger partial charge in [0.1, 0.15) is 5.82 Å². The summed E-state index contributed by atoms with van der Waals surface area (Å²) in [6.45, 7) is 2.77. The maximum Gasteiger partial charge on any atom is 0.262 e. The van der Waals surface area contributed by atoms with E-state index in [2.05, 4.69) is 10.3 Å². The zero-order valence-electron chi connectivity index (χ0n) is 18.6. The number of sulfonamides is 1. The molecule has 174 valence electrons. The Morgan fingerprint density at radius 1 is 1.12 bits per heavy atom. The molecule has 0 radical (unpaired) electrons. The molecular formula is C23H27N5O4S. The van der Waals surface area contributed by atoms with Gasteiger partial charge in [0.2, 0.25) is 5.91 Å². The summed E-state index contributed by atoms with van der Waals surface area (Å²) in [6.07, 6.45) is 4.15. The fraction of sp³-hybridized carbons (Fsp3) is 0.348. The van der Waals surface area contributed by atoms with Gasteiger partial charge in [-0.05, 0) is 43.5 Å². The molecule has 0 aliphatic carbocycles. The molecule has 1 aromatic carbocycles. The van der Waals surface area contributed by atoms with Crippen LogP contribution in [0, 0.1) is 12.8 Å². The van der Waals surface area contributed by atoms with Crippen molar-refractivity contribution in [2.45, 2.75) is 31.3 Å². The number of carbonyl (C=O) groups excluding carboxylic acids is 1. The lowest BCUT2D eigenvalue weighted by Crippen LogP contribution is -2.41. The minimum absolute atomic E-state index is 0.0447. The Labute approximate surface area is 192 Å². The SMILES string of the molecule is Cc1nc(S(=O)(=O)N2CCC(C(=O)Nc3ccc(Cn4ccccc4=O)cc3)CC2)cn1C. The lowest BCUT2D eigenvalue weighted by atomic mass is 9.97. The number of hydrogen-bond donors (Lipinski definition) is 1. The lowest BCUT2D eigenvalue weighted by Gasteiger charge is -2.29. The molecule has 0 spiro atoms. The molecule has 0 unspecified atom stereocenters. The monoisotopic (exact) mass is 469 g/mol. The van der Waals surface area contributed by atoms with Crippen LogP contribution in [0.2, 0.25) is 0 Å². The van der Waals surface area contributed by atoms with Crippen molar-refractivity contribution < 1.29 is 13.2 Å². The van der Waals surface area contributed by atoms with Crippen LogP contribution in [0.25, 0.3) is 0 Å². The van der Waals surface area contributed by atoms with Crippen molar-refractivity contribution in [3.8, 4) is 0 Å². The van der Waals surface area contributed by atoms with Crippen molar-refractivity contribution in [2.75, 3.05) is 18.4 Å². The third-order valence-corrected chi connectivity index (χ3v) is 7.76. The van der Waals surface area contributed by atoms with E-state index in [4.69, 9.17) is 0 Å². The standard InChI is InChI=1S/C23H27N5O4S/c1-17-24-21(16-26(17)2)33(31,32)28-13-10-19(11-14-28)23(30)25-20-8-6-18(7-9-20)15-27-12-4-3-5-22(27)29/h3-9,12,16,19H,10-11,13-15H2,1-2H3,(H,25,30). The highest BCUT2D eigenvalue weighted by atomic mass is 32.2. The van der Waals surface area contributed by atoms with E-state index in [-0.39, 0.29) is 35.5 Å². The van der Waals surface area contributed by atoms with Gasteiger partial charge in [0.05, 0.1) is 6.54 Å². The molecule has 1 amide bonds. The molecule has 3 heterocycles. The van der Waals surface area contributed by atoms with Gasteiger partial charge in [0.15, 0.2) is 5.03 Å². The highest BCUT2D eigenvalue weighted by molar-refractivity contribution is 7.89. The minimum atomic E-state index is -3.66. The summed E-state index contributed by atoms with van der Waals surface area (Å²) in [4.78, 5) is 28.7. The number of aryl methyl sites for hydroxylation is 2. The Kier molecular flexibility index (Phi) is 6.48. The Bertz CT molecular complexity index is 1280. The first-order chi connectivity index (χ1) is 15.7. The third-order valence-electron chi connectivity index (χ3n) is 5.99. The van der Waals surface area contributed by atoms with Crippen LogP contribution in [0.4, 0.5) is 5.69 Å². The first-order valence-corrected chi connectivity index (χ1v) is 12.2. The zero-order chi connectivity index (χ0) is 23.6. The maximum atomic E-state index is 12.8. The summed E-state index contributed by atoms with van der Waals surface area (Å²) in [5.74, 6) is 0.252. The molecule has 33 heavy (non-hydrogen) atoms. The van der Waals surface area contributed by atoms with Gasteiger partial charge in [0.25, 0.3) is 15.6 Å². The highest BCUT2D eigenvalue weighted by Gasteiger charge is 2.33. The van der Waals surface area contributed by atoms with Gasteiger partial charge >= 0.3 is 0 Å². The number of aromatic nitrogens is 3. The van der Waals surface area contributed by atoms with Gasteiger partial charge < -0.3 is 14.5 Å². The molecule has 3 aromatic rings. The second kappa shape index (κ2) is 9.32. The number of nitrogens with one attached hydrogen (secondary N) is 1. The summed E-state index contributed by atoms with van der Waals surface area (Å²) in [5, 5.41) is 2.96. The summed E-state index contributed by atoms with van der Waals surface area (Å²) < 4.78 is 30.4. The predicted octanol–water partition coefficient (Wildman–Crippen LogP) is 1.98. The number of benzene rings is 1. The highest BCUT2D eigenvalue weighted by Crippen LogP contribution is 2.24. The van der Waals surface area contributed by atoms with E-state index in [0.717, 1.165) is 5.56 Å². The van der Waals surface area contributed by atoms with Crippen molar-refractivity contribution in [3.05, 3.63) is 76.6 Å². The quantitative estimate of drug-likeness (QED) is 0.594. The molecule has 1 aliphatic heterocycles. The third kappa shape index (κ3) is 5.07. The van der Waals surface area contributed by atoms with Gasteiger partial charge in [-0.25, -0.2) is 13.4 Å². The molecule has 4 rings (SSSR count). The van der Waals surface area contributed by atoms with Crippen molar-refractivity contribution in [3.63, 3.8) is 0 Å². The number of carbonyl (C=O) groups is 1. The van der Waals surface area contributed by atoms with Crippen LogP contribution in [0.3, 0.4) is 0 Å². The largest absolute Gasteiger partial charge is 0.337 e. The number of imidazole rings is 1. The van der Waals surface area contributed by atoms with E-state index in [1.165, 1.54) is 16.6 Å². The Balaban J connectivity index is 1.33. The summed E-state index contributed by atoms with van der Waals surface area (Å²) in [5.41, 5.74) is 1.55. The molecule has 1 N–H and O–H groups in total. The average molecular weight is 470 g/mol. The lowest BCUT2D eigenvalue weighted by molar-refractivity contribution is -0.120. The fourth-order valence-electron chi connectivity index (χ4n) is 3.87. The molecule has 1 saturated heterocycles. The van der Waals surface area contributed by atoms with Gasteiger partial charge in [-0.3, -0.25) is 9.59 Å². The topological polar surface area (TPSA) is 106 Å². The first kappa shape index (κ1) is 22.9. The van der Waals surface area contributed by atoms with Crippen molar-refractivity contribution in [1.82, 2.24) is 18.4 Å².